The third kappa shape index (κ3) is 5.19. The van der Waals surface area contributed by atoms with Gasteiger partial charge in [-0.15, -0.1) is 0 Å². The topological polar surface area (TPSA) is 21.3 Å². The van der Waals surface area contributed by atoms with Crippen LogP contribution in [-0.4, -0.2) is 19.8 Å². The van der Waals surface area contributed by atoms with Gasteiger partial charge in [-0.3, -0.25) is 0 Å². The van der Waals surface area contributed by atoms with Gasteiger partial charge in [-0.25, -0.2) is 0 Å². The summed E-state index contributed by atoms with van der Waals surface area (Å²) in [5.41, 5.74) is 0.948. The summed E-state index contributed by atoms with van der Waals surface area (Å²) in [6.07, 6.45) is 2.30. The van der Waals surface area contributed by atoms with Crippen molar-refractivity contribution in [3.63, 3.8) is 0 Å². The van der Waals surface area contributed by atoms with Crippen molar-refractivity contribution >= 4 is 33.2 Å². The second-order valence-corrected chi connectivity index (χ2v) is 4.84. The molecule has 0 fully saturated rings. The van der Waals surface area contributed by atoms with E-state index >= 15 is 0 Å². The van der Waals surface area contributed by atoms with E-state index in [1.807, 2.05) is 18.2 Å². The van der Waals surface area contributed by atoms with E-state index in [2.05, 4.69) is 28.2 Å². The zero-order valence-corrected chi connectivity index (χ0v) is 11.8. The molecule has 0 saturated carbocycles. The first-order valence-electron chi connectivity index (χ1n) is 5.50. The van der Waals surface area contributed by atoms with Crippen LogP contribution in [0.1, 0.15) is 19.8 Å². The Bertz CT molecular complexity index is 320. The minimum Gasteiger partial charge on any atom is -0.382 e. The van der Waals surface area contributed by atoms with E-state index in [0.29, 0.717) is 6.61 Å². The lowest BCUT2D eigenvalue weighted by Crippen LogP contribution is -2.10. The first-order chi connectivity index (χ1) is 7.74. The highest BCUT2D eigenvalue weighted by Gasteiger charge is 1.99. The number of anilines is 1. The van der Waals surface area contributed by atoms with E-state index in [4.69, 9.17) is 16.3 Å². The summed E-state index contributed by atoms with van der Waals surface area (Å²) in [6.45, 7) is 4.49. The van der Waals surface area contributed by atoms with Gasteiger partial charge < -0.3 is 10.1 Å². The number of halogens is 2. The van der Waals surface area contributed by atoms with Crippen LogP contribution >= 0.6 is 27.5 Å². The Hall–Kier alpha value is -0.250. The van der Waals surface area contributed by atoms with Crippen LogP contribution < -0.4 is 5.32 Å². The molecule has 0 aliphatic heterocycles. The number of hydrogen-bond donors (Lipinski definition) is 1. The third-order valence-electron chi connectivity index (χ3n) is 2.14. The molecule has 0 heterocycles. The van der Waals surface area contributed by atoms with Crippen molar-refractivity contribution in [2.24, 2.45) is 0 Å². The van der Waals surface area contributed by atoms with Gasteiger partial charge in [0.05, 0.1) is 17.3 Å². The summed E-state index contributed by atoms with van der Waals surface area (Å²) in [5, 5.41) is 3.96. The monoisotopic (exact) mass is 305 g/mol. The van der Waals surface area contributed by atoms with Crippen LogP contribution in [0.3, 0.4) is 0 Å². The quantitative estimate of drug-likeness (QED) is 0.757. The van der Waals surface area contributed by atoms with Crippen molar-refractivity contribution in [2.45, 2.75) is 19.8 Å². The van der Waals surface area contributed by atoms with Crippen LogP contribution in [0.5, 0.6) is 0 Å². The predicted octanol–water partition coefficient (Wildman–Crippen LogP) is 4.33. The van der Waals surface area contributed by atoms with E-state index in [0.717, 1.165) is 34.8 Å². The van der Waals surface area contributed by atoms with E-state index in [9.17, 15) is 0 Å². The Balaban J connectivity index is 2.21. The lowest BCUT2D eigenvalue weighted by molar-refractivity contribution is 0.141. The fourth-order valence-corrected chi connectivity index (χ4v) is 1.98. The molecule has 2 nitrogen and oxygen atoms in total. The Morgan fingerprint density at radius 3 is 2.88 bits per heavy atom. The summed E-state index contributed by atoms with van der Waals surface area (Å²) < 4.78 is 6.43. The molecular weight excluding hydrogens is 289 g/mol. The first kappa shape index (κ1) is 13.8. The molecule has 0 aromatic heterocycles. The van der Waals surface area contributed by atoms with Crippen LogP contribution in [0.4, 0.5) is 5.69 Å². The molecule has 0 saturated heterocycles. The third-order valence-corrected chi connectivity index (χ3v) is 2.94. The molecule has 1 N–H and O–H groups in total. The van der Waals surface area contributed by atoms with Gasteiger partial charge in [0.2, 0.25) is 0 Å². The molecule has 4 heteroatoms. The van der Waals surface area contributed by atoms with Gasteiger partial charge in [-0.05, 0) is 24.6 Å². The highest BCUT2D eigenvalue weighted by atomic mass is 79.9. The number of nitrogens with one attached hydrogen (secondary N) is 1. The summed E-state index contributed by atoms with van der Waals surface area (Å²) in [5.74, 6) is 0. The number of unbranched alkanes of at least 4 members (excludes halogenated alkanes) is 1. The van der Waals surface area contributed by atoms with Crippen molar-refractivity contribution in [3.8, 4) is 0 Å². The van der Waals surface area contributed by atoms with Crippen molar-refractivity contribution < 1.29 is 4.74 Å². The van der Waals surface area contributed by atoms with Crippen molar-refractivity contribution in [1.29, 1.82) is 0 Å². The van der Waals surface area contributed by atoms with Crippen molar-refractivity contribution in [1.82, 2.24) is 0 Å². The number of hydrogen-bond acceptors (Lipinski definition) is 2. The van der Waals surface area contributed by atoms with Crippen LogP contribution in [-0.2, 0) is 4.74 Å². The minimum absolute atomic E-state index is 0.715. The molecule has 1 rings (SSSR count). The van der Waals surface area contributed by atoms with Gasteiger partial charge >= 0.3 is 0 Å². The Kier molecular flexibility index (Phi) is 6.85. The van der Waals surface area contributed by atoms with Crippen LogP contribution in [0.2, 0.25) is 5.02 Å². The van der Waals surface area contributed by atoms with Crippen LogP contribution in [0.25, 0.3) is 0 Å². The molecule has 0 spiro atoms. The predicted molar refractivity (Wildman–Crippen MR) is 73.4 cm³/mol. The summed E-state index contributed by atoms with van der Waals surface area (Å²) >= 11 is 9.43. The molecule has 0 unspecified atom stereocenters. The lowest BCUT2D eigenvalue weighted by atomic mass is 10.3. The highest BCUT2D eigenvalue weighted by molar-refractivity contribution is 9.10. The van der Waals surface area contributed by atoms with Crippen molar-refractivity contribution in [2.75, 3.05) is 25.1 Å². The average molecular weight is 307 g/mol. The largest absolute Gasteiger partial charge is 0.382 e. The van der Waals surface area contributed by atoms with Crippen LogP contribution in [0.15, 0.2) is 22.7 Å². The molecular formula is C12H17BrClNO. The molecule has 0 bridgehead atoms. The number of benzene rings is 1. The lowest BCUT2D eigenvalue weighted by Gasteiger charge is -2.09. The molecule has 1 aromatic rings. The highest BCUT2D eigenvalue weighted by Crippen LogP contribution is 2.25. The van der Waals surface area contributed by atoms with E-state index < -0.39 is 0 Å². The molecule has 1 aromatic carbocycles. The molecule has 0 aliphatic carbocycles. The minimum atomic E-state index is 0.715. The summed E-state index contributed by atoms with van der Waals surface area (Å²) in [6, 6.07) is 5.80. The maximum atomic E-state index is 6.06. The smallest absolute Gasteiger partial charge is 0.0648 e. The van der Waals surface area contributed by atoms with E-state index in [1.165, 1.54) is 6.42 Å². The SMILES string of the molecule is CCCCOCCNc1ccc(Br)cc1Cl. The number of ether oxygens (including phenoxy) is 1. The summed E-state index contributed by atoms with van der Waals surface area (Å²) in [4.78, 5) is 0. The van der Waals surface area contributed by atoms with Gasteiger partial charge in [0.15, 0.2) is 0 Å². The van der Waals surface area contributed by atoms with Crippen LogP contribution in [0, 0.1) is 0 Å². The maximum absolute atomic E-state index is 6.06. The second-order valence-electron chi connectivity index (χ2n) is 3.52. The van der Waals surface area contributed by atoms with Gasteiger partial charge in [-0.2, -0.15) is 0 Å². The van der Waals surface area contributed by atoms with Gasteiger partial charge in [0.25, 0.3) is 0 Å². The zero-order chi connectivity index (χ0) is 11.8. The average Bonchev–Trinajstić information content (AvgIpc) is 2.26. The normalized spacial score (nSPS) is 10.4. The summed E-state index contributed by atoms with van der Waals surface area (Å²) in [7, 11) is 0. The van der Waals surface area contributed by atoms with E-state index in [1.54, 1.807) is 0 Å². The molecule has 90 valence electrons. The Morgan fingerprint density at radius 1 is 1.38 bits per heavy atom. The second kappa shape index (κ2) is 7.93. The fourth-order valence-electron chi connectivity index (χ4n) is 1.24. The Labute approximate surface area is 110 Å². The number of rotatable bonds is 7. The maximum Gasteiger partial charge on any atom is 0.0648 e. The first-order valence-corrected chi connectivity index (χ1v) is 6.67. The van der Waals surface area contributed by atoms with E-state index in [-0.39, 0.29) is 0 Å². The zero-order valence-electron chi connectivity index (χ0n) is 9.43. The molecule has 16 heavy (non-hydrogen) atoms. The standard InChI is InChI=1S/C12H17BrClNO/c1-2-3-7-16-8-6-15-12-5-4-10(13)9-11(12)14/h4-5,9,15H,2-3,6-8H2,1H3. The van der Waals surface area contributed by atoms with Crippen molar-refractivity contribution in [3.05, 3.63) is 27.7 Å². The fraction of sp³-hybridized carbons (Fsp3) is 0.500. The molecule has 0 amide bonds. The molecule has 0 atom stereocenters. The molecule has 0 radical (unpaired) electrons. The molecule has 0 aliphatic rings. The van der Waals surface area contributed by atoms with Gasteiger partial charge in [0, 0.05) is 17.6 Å². The van der Waals surface area contributed by atoms with Gasteiger partial charge in [0.1, 0.15) is 0 Å². The van der Waals surface area contributed by atoms with Gasteiger partial charge in [-0.1, -0.05) is 40.9 Å². The Morgan fingerprint density at radius 2 is 2.19 bits per heavy atom.